The van der Waals surface area contributed by atoms with E-state index < -0.39 is 0 Å². The number of hydrogen-bond donors (Lipinski definition) is 2. The van der Waals surface area contributed by atoms with Gasteiger partial charge in [-0.2, -0.15) is 0 Å². The van der Waals surface area contributed by atoms with Crippen molar-refractivity contribution in [3.8, 4) is 5.75 Å². The van der Waals surface area contributed by atoms with Gasteiger partial charge in [-0.05, 0) is 43.2 Å². The molecule has 0 radical (unpaired) electrons. The van der Waals surface area contributed by atoms with Crippen LogP contribution in [-0.4, -0.2) is 31.1 Å². The minimum Gasteiger partial charge on any atom is -0.497 e. The molecule has 0 spiro atoms. The molecule has 0 saturated carbocycles. The average Bonchev–Trinajstić information content (AvgIpc) is 3.12. The van der Waals surface area contributed by atoms with Crippen LogP contribution in [0.1, 0.15) is 23.9 Å². The zero-order chi connectivity index (χ0) is 18.9. The van der Waals surface area contributed by atoms with Crippen molar-refractivity contribution in [2.24, 2.45) is 4.99 Å². The summed E-state index contributed by atoms with van der Waals surface area (Å²) in [5.41, 5.74) is 2.22. The third-order valence-corrected chi connectivity index (χ3v) is 5.19. The molecule has 0 atom stereocenters. The maximum atomic E-state index is 5.27. The number of thiazole rings is 1. The van der Waals surface area contributed by atoms with Gasteiger partial charge in [-0.25, -0.2) is 9.98 Å². The van der Waals surface area contributed by atoms with Crippen molar-refractivity contribution in [1.29, 1.82) is 0 Å². The Morgan fingerprint density at radius 2 is 2.04 bits per heavy atom. The molecule has 0 aliphatic rings. The molecule has 27 heavy (non-hydrogen) atoms. The van der Waals surface area contributed by atoms with Crippen LogP contribution in [0.15, 0.2) is 53.5 Å². The smallest absolute Gasteiger partial charge is 0.191 e. The van der Waals surface area contributed by atoms with Gasteiger partial charge in [0.2, 0.25) is 0 Å². The van der Waals surface area contributed by atoms with E-state index in [0.717, 1.165) is 48.7 Å². The molecular weight excluding hydrogens is 356 g/mol. The zero-order valence-corrected chi connectivity index (χ0v) is 16.7. The number of rotatable bonds is 8. The molecule has 0 aliphatic heterocycles. The number of para-hydroxylation sites is 1. The Balaban J connectivity index is 1.49. The fraction of sp³-hybridized carbons (Fsp3) is 0.333. The van der Waals surface area contributed by atoms with Crippen LogP contribution in [0.5, 0.6) is 5.75 Å². The van der Waals surface area contributed by atoms with E-state index in [9.17, 15) is 0 Å². The van der Waals surface area contributed by atoms with Crippen LogP contribution in [0.25, 0.3) is 10.2 Å². The third-order valence-electron chi connectivity index (χ3n) is 4.10. The predicted molar refractivity (Wildman–Crippen MR) is 114 cm³/mol. The van der Waals surface area contributed by atoms with E-state index in [-0.39, 0.29) is 0 Å². The molecule has 0 unspecified atom stereocenters. The second-order valence-electron chi connectivity index (χ2n) is 6.15. The number of nitrogens with one attached hydrogen (secondary N) is 2. The lowest BCUT2D eigenvalue weighted by Gasteiger charge is -2.11. The van der Waals surface area contributed by atoms with Crippen LogP contribution < -0.4 is 15.4 Å². The first-order valence-corrected chi connectivity index (χ1v) is 10.1. The first-order chi connectivity index (χ1) is 13.3. The largest absolute Gasteiger partial charge is 0.497 e. The Hall–Kier alpha value is -2.60. The van der Waals surface area contributed by atoms with Gasteiger partial charge >= 0.3 is 0 Å². The number of guanidine groups is 1. The maximum Gasteiger partial charge on any atom is 0.191 e. The van der Waals surface area contributed by atoms with Gasteiger partial charge in [-0.15, -0.1) is 11.3 Å². The van der Waals surface area contributed by atoms with Gasteiger partial charge in [0.1, 0.15) is 5.75 Å². The first kappa shape index (κ1) is 19.2. The standard InChI is InChI=1S/C21H26N4OS/c1-3-22-21(24-15-16-8-6-9-17(14-16)26-2)23-13-7-12-20-25-18-10-4-5-11-19(18)27-20/h4-6,8-11,14H,3,7,12-13,15H2,1-2H3,(H2,22,23,24). The second kappa shape index (κ2) is 9.92. The monoisotopic (exact) mass is 382 g/mol. The Kier molecular flexibility index (Phi) is 7.04. The lowest BCUT2D eigenvalue weighted by Crippen LogP contribution is -2.37. The van der Waals surface area contributed by atoms with Crippen molar-refractivity contribution in [2.75, 3.05) is 20.2 Å². The quantitative estimate of drug-likeness (QED) is 0.351. The SMILES string of the molecule is CCNC(=NCc1cccc(OC)c1)NCCCc1nc2ccccc2s1. The van der Waals surface area contributed by atoms with Crippen LogP contribution in [0.4, 0.5) is 0 Å². The molecule has 1 heterocycles. The minimum absolute atomic E-state index is 0.615. The summed E-state index contributed by atoms with van der Waals surface area (Å²) in [5.74, 6) is 1.70. The number of aliphatic imine (C=N–C) groups is 1. The number of ether oxygens (including phenoxy) is 1. The number of hydrogen-bond acceptors (Lipinski definition) is 4. The number of fused-ring (bicyclic) bond motifs is 1. The Morgan fingerprint density at radius 3 is 2.85 bits per heavy atom. The number of aromatic nitrogens is 1. The van der Waals surface area contributed by atoms with Crippen LogP contribution in [-0.2, 0) is 13.0 Å². The lowest BCUT2D eigenvalue weighted by atomic mass is 10.2. The van der Waals surface area contributed by atoms with E-state index in [4.69, 9.17) is 9.72 Å². The molecule has 0 amide bonds. The van der Waals surface area contributed by atoms with E-state index in [1.54, 1.807) is 18.4 Å². The summed E-state index contributed by atoms with van der Waals surface area (Å²) >= 11 is 1.78. The van der Waals surface area contributed by atoms with Gasteiger partial charge < -0.3 is 15.4 Å². The highest BCUT2D eigenvalue weighted by molar-refractivity contribution is 7.18. The van der Waals surface area contributed by atoms with Crippen molar-refractivity contribution in [1.82, 2.24) is 15.6 Å². The molecule has 6 heteroatoms. The van der Waals surface area contributed by atoms with Crippen molar-refractivity contribution in [3.63, 3.8) is 0 Å². The highest BCUT2D eigenvalue weighted by Crippen LogP contribution is 2.22. The van der Waals surface area contributed by atoms with Crippen LogP contribution in [0, 0.1) is 0 Å². The van der Waals surface area contributed by atoms with Crippen molar-refractivity contribution in [3.05, 3.63) is 59.1 Å². The van der Waals surface area contributed by atoms with Gasteiger partial charge in [0.05, 0.1) is 28.9 Å². The fourth-order valence-electron chi connectivity index (χ4n) is 2.76. The number of methoxy groups -OCH3 is 1. The summed E-state index contributed by atoms with van der Waals surface area (Å²) in [6.45, 7) is 4.38. The fourth-order valence-corrected chi connectivity index (χ4v) is 3.77. The van der Waals surface area contributed by atoms with Crippen LogP contribution >= 0.6 is 11.3 Å². The van der Waals surface area contributed by atoms with E-state index in [2.05, 4.69) is 46.8 Å². The molecule has 3 aromatic rings. The molecule has 142 valence electrons. The van der Waals surface area contributed by atoms with E-state index in [1.807, 2.05) is 24.3 Å². The average molecular weight is 383 g/mol. The molecule has 2 N–H and O–H groups in total. The van der Waals surface area contributed by atoms with Crippen molar-refractivity contribution >= 4 is 27.5 Å². The minimum atomic E-state index is 0.615. The molecule has 0 saturated heterocycles. The second-order valence-corrected chi connectivity index (χ2v) is 7.27. The third kappa shape index (κ3) is 5.69. The zero-order valence-electron chi connectivity index (χ0n) is 15.9. The highest BCUT2D eigenvalue weighted by atomic mass is 32.1. The van der Waals surface area contributed by atoms with Gasteiger partial charge in [-0.3, -0.25) is 0 Å². The topological polar surface area (TPSA) is 58.5 Å². The van der Waals surface area contributed by atoms with E-state index >= 15 is 0 Å². The molecule has 2 aromatic carbocycles. The summed E-state index contributed by atoms with van der Waals surface area (Å²) in [6, 6.07) is 16.3. The molecule has 0 aliphatic carbocycles. The molecule has 1 aromatic heterocycles. The van der Waals surface area contributed by atoms with Crippen molar-refractivity contribution in [2.45, 2.75) is 26.3 Å². The molecule has 0 bridgehead atoms. The molecule has 5 nitrogen and oxygen atoms in total. The van der Waals surface area contributed by atoms with Crippen molar-refractivity contribution < 1.29 is 4.74 Å². The number of nitrogens with zero attached hydrogens (tertiary/aromatic N) is 2. The van der Waals surface area contributed by atoms with Crippen LogP contribution in [0.3, 0.4) is 0 Å². The Morgan fingerprint density at radius 1 is 1.15 bits per heavy atom. The highest BCUT2D eigenvalue weighted by Gasteiger charge is 2.03. The van der Waals surface area contributed by atoms with E-state index in [1.165, 1.54) is 9.71 Å². The Bertz CT molecular complexity index is 858. The van der Waals surface area contributed by atoms with Gasteiger partial charge in [0.25, 0.3) is 0 Å². The lowest BCUT2D eigenvalue weighted by molar-refractivity contribution is 0.414. The van der Waals surface area contributed by atoms with Gasteiger partial charge in [-0.1, -0.05) is 24.3 Å². The summed E-state index contributed by atoms with van der Waals surface area (Å²) in [6.07, 6.45) is 1.99. The maximum absolute atomic E-state index is 5.27. The predicted octanol–water partition coefficient (Wildman–Crippen LogP) is 3.99. The number of aryl methyl sites for hydroxylation is 1. The summed E-state index contributed by atoms with van der Waals surface area (Å²) < 4.78 is 6.53. The molecule has 0 fully saturated rings. The summed E-state index contributed by atoms with van der Waals surface area (Å²) in [4.78, 5) is 9.36. The van der Waals surface area contributed by atoms with Gasteiger partial charge in [0.15, 0.2) is 5.96 Å². The van der Waals surface area contributed by atoms with Gasteiger partial charge in [0, 0.05) is 19.5 Å². The Labute approximate surface area is 164 Å². The summed E-state index contributed by atoms with van der Waals surface area (Å²) in [7, 11) is 1.68. The normalized spacial score (nSPS) is 11.6. The number of benzene rings is 2. The first-order valence-electron chi connectivity index (χ1n) is 9.28. The molecule has 3 rings (SSSR count). The van der Waals surface area contributed by atoms with Crippen LogP contribution in [0.2, 0.25) is 0 Å². The summed E-state index contributed by atoms with van der Waals surface area (Å²) in [5, 5.41) is 7.90. The molecular formula is C21H26N4OS. The van der Waals surface area contributed by atoms with E-state index in [0.29, 0.717) is 6.54 Å².